The predicted octanol–water partition coefficient (Wildman–Crippen LogP) is 2.64. The van der Waals surface area contributed by atoms with Crippen LogP contribution in [0.5, 0.6) is 0 Å². The minimum absolute atomic E-state index is 0.000355. The van der Waals surface area contributed by atoms with E-state index in [1.807, 2.05) is 6.92 Å². The third kappa shape index (κ3) is 2.61. The van der Waals surface area contributed by atoms with Crippen LogP contribution in [-0.4, -0.2) is 11.1 Å². The number of aliphatic carboxylic acids is 1. The van der Waals surface area contributed by atoms with E-state index in [1.165, 1.54) is 0 Å². The Bertz CT molecular complexity index is 449. The molecule has 0 heterocycles. The highest BCUT2D eigenvalue weighted by atomic mass is 79.9. The number of hydrogen-bond donors (Lipinski definition) is 1. The number of carboxylic acid groups (broad SMARTS) is 1. The van der Waals surface area contributed by atoms with Crippen LogP contribution in [0.4, 0.5) is 0 Å². The molecule has 0 fully saturated rings. The van der Waals surface area contributed by atoms with Crippen molar-refractivity contribution in [3.05, 3.63) is 34.4 Å². The van der Waals surface area contributed by atoms with Crippen molar-refractivity contribution in [1.82, 2.24) is 0 Å². The summed E-state index contributed by atoms with van der Waals surface area (Å²) in [6.45, 7) is 1.97. The lowest BCUT2D eigenvalue weighted by Gasteiger charge is -2.12. The minimum atomic E-state index is -0.853. The summed E-state index contributed by atoms with van der Waals surface area (Å²) in [5, 5.41) is 18.3. The number of alkyl halides is 1. The number of carbonyl (C=O) groups is 1. The van der Waals surface area contributed by atoms with Crippen molar-refractivity contribution in [3.63, 3.8) is 0 Å². The molecule has 84 valence electrons. The van der Waals surface area contributed by atoms with Crippen molar-refractivity contribution in [1.29, 1.82) is 5.26 Å². The molecule has 0 aliphatic heterocycles. The van der Waals surface area contributed by atoms with Gasteiger partial charge in [-0.2, -0.15) is 5.26 Å². The van der Waals surface area contributed by atoms with Crippen LogP contribution >= 0.6 is 15.9 Å². The maximum Gasteiger partial charge on any atom is 0.307 e. The molecular formula is C12H12BrNO2. The van der Waals surface area contributed by atoms with Crippen LogP contribution in [0.25, 0.3) is 0 Å². The highest BCUT2D eigenvalue weighted by molar-refractivity contribution is 9.08. The summed E-state index contributed by atoms with van der Waals surface area (Å²) in [5.41, 5.74) is 3.29. The van der Waals surface area contributed by atoms with E-state index in [4.69, 9.17) is 10.4 Å². The second-order valence-corrected chi connectivity index (χ2v) is 3.96. The maximum atomic E-state index is 10.7. The fraction of sp³-hybridized carbons (Fsp3) is 0.333. The summed E-state index contributed by atoms with van der Waals surface area (Å²) in [5.74, 6) is -0.853. The summed E-state index contributed by atoms with van der Waals surface area (Å²) in [4.78, 5) is 10.7. The molecule has 1 N–H and O–H groups in total. The molecule has 0 atom stereocenters. The molecule has 16 heavy (non-hydrogen) atoms. The van der Waals surface area contributed by atoms with Gasteiger partial charge in [0.15, 0.2) is 0 Å². The lowest BCUT2D eigenvalue weighted by molar-refractivity contribution is -0.136. The zero-order chi connectivity index (χ0) is 12.1. The molecule has 1 aromatic rings. The van der Waals surface area contributed by atoms with Gasteiger partial charge in [0.1, 0.15) is 0 Å². The summed E-state index contributed by atoms with van der Waals surface area (Å²) in [6.07, 6.45) is 0.733. The quantitative estimate of drug-likeness (QED) is 0.863. The van der Waals surface area contributed by atoms with Crippen molar-refractivity contribution in [2.24, 2.45) is 0 Å². The number of rotatable bonds is 4. The van der Waals surface area contributed by atoms with Gasteiger partial charge in [-0.1, -0.05) is 28.9 Å². The number of halogens is 1. The van der Waals surface area contributed by atoms with Crippen molar-refractivity contribution in [2.75, 3.05) is 0 Å². The predicted molar refractivity (Wildman–Crippen MR) is 64.5 cm³/mol. The molecule has 0 aromatic heterocycles. The Labute approximate surface area is 103 Å². The number of carboxylic acids is 1. The van der Waals surface area contributed by atoms with Crippen LogP contribution in [0.2, 0.25) is 0 Å². The van der Waals surface area contributed by atoms with E-state index in [0.717, 1.165) is 23.1 Å². The van der Waals surface area contributed by atoms with E-state index in [1.54, 1.807) is 12.1 Å². The molecule has 0 aliphatic carbocycles. The molecule has 0 aliphatic rings. The Balaban J connectivity index is 3.32. The van der Waals surface area contributed by atoms with Crippen LogP contribution in [0.15, 0.2) is 12.1 Å². The highest BCUT2D eigenvalue weighted by Crippen LogP contribution is 2.23. The minimum Gasteiger partial charge on any atom is -0.481 e. The zero-order valence-corrected chi connectivity index (χ0v) is 10.5. The van der Waals surface area contributed by atoms with Gasteiger partial charge in [0, 0.05) is 5.33 Å². The topological polar surface area (TPSA) is 61.1 Å². The maximum absolute atomic E-state index is 10.7. The summed E-state index contributed by atoms with van der Waals surface area (Å²) >= 11 is 3.35. The Hall–Kier alpha value is -1.34. The number of nitrogens with zero attached hydrogens (tertiary/aromatic N) is 1. The van der Waals surface area contributed by atoms with Crippen LogP contribution < -0.4 is 0 Å². The Kier molecular flexibility index (Phi) is 4.51. The first-order valence-corrected chi connectivity index (χ1v) is 6.07. The van der Waals surface area contributed by atoms with E-state index in [2.05, 4.69) is 22.0 Å². The van der Waals surface area contributed by atoms with Crippen LogP contribution in [0.3, 0.4) is 0 Å². The third-order valence-corrected chi connectivity index (χ3v) is 3.04. The molecule has 0 amide bonds. The molecule has 0 radical (unpaired) electrons. The van der Waals surface area contributed by atoms with Gasteiger partial charge in [0.05, 0.1) is 18.1 Å². The lowest BCUT2D eigenvalue weighted by Crippen LogP contribution is -2.06. The Morgan fingerprint density at radius 1 is 1.50 bits per heavy atom. The fourth-order valence-electron chi connectivity index (χ4n) is 1.75. The molecule has 0 saturated heterocycles. The average molecular weight is 282 g/mol. The van der Waals surface area contributed by atoms with Gasteiger partial charge in [-0.25, -0.2) is 0 Å². The molecule has 0 unspecified atom stereocenters. The molecule has 0 saturated carbocycles. The lowest BCUT2D eigenvalue weighted by atomic mass is 9.94. The molecule has 0 spiro atoms. The molecule has 0 bridgehead atoms. The first-order chi connectivity index (χ1) is 7.63. The van der Waals surface area contributed by atoms with Crippen molar-refractivity contribution in [3.8, 4) is 6.07 Å². The average Bonchev–Trinajstić information content (AvgIpc) is 2.27. The zero-order valence-electron chi connectivity index (χ0n) is 8.96. The number of benzene rings is 1. The first kappa shape index (κ1) is 12.7. The van der Waals surface area contributed by atoms with Crippen LogP contribution in [0.1, 0.15) is 29.2 Å². The second-order valence-electron chi connectivity index (χ2n) is 3.40. The SMILES string of the molecule is CCc1c(C#N)ccc(CC(=O)O)c1CBr. The third-order valence-electron chi connectivity index (χ3n) is 2.48. The molecule has 1 rings (SSSR count). The van der Waals surface area contributed by atoms with Crippen molar-refractivity contribution < 1.29 is 9.90 Å². The molecule has 1 aromatic carbocycles. The monoisotopic (exact) mass is 281 g/mol. The largest absolute Gasteiger partial charge is 0.481 e. The summed E-state index contributed by atoms with van der Waals surface area (Å²) in [6, 6.07) is 5.56. The fourth-order valence-corrected chi connectivity index (χ4v) is 2.44. The summed E-state index contributed by atoms with van der Waals surface area (Å²) < 4.78 is 0. The first-order valence-electron chi connectivity index (χ1n) is 4.95. The Morgan fingerprint density at radius 3 is 2.62 bits per heavy atom. The number of nitriles is 1. The smallest absolute Gasteiger partial charge is 0.307 e. The van der Waals surface area contributed by atoms with Crippen LogP contribution in [0, 0.1) is 11.3 Å². The normalized spacial score (nSPS) is 9.81. The van der Waals surface area contributed by atoms with Gasteiger partial charge in [0.2, 0.25) is 0 Å². The van der Waals surface area contributed by atoms with Crippen molar-refractivity contribution in [2.45, 2.75) is 25.1 Å². The van der Waals surface area contributed by atoms with E-state index < -0.39 is 5.97 Å². The second kappa shape index (κ2) is 5.66. The van der Waals surface area contributed by atoms with Gasteiger partial charge in [-0.15, -0.1) is 0 Å². The molecule has 3 nitrogen and oxygen atoms in total. The summed E-state index contributed by atoms with van der Waals surface area (Å²) in [7, 11) is 0. The van der Waals surface area contributed by atoms with Gasteiger partial charge in [-0.3, -0.25) is 4.79 Å². The van der Waals surface area contributed by atoms with Gasteiger partial charge < -0.3 is 5.11 Å². The van der Waals surface area contributed by atoms with Gasteiger partial charge in [0.25, 0.3) is 0 Å². The highest BCUT2D eigenvalue weighted by Gasteiger charge is 2.12. The van der Waals surface area contributed by atoms with Crippen LogP contribution in [-0.2, 0) is 23.0 Å². The van der Waals surface area contributed by atoms with Gasteiger partial charge >= 0.3 is 5.97 Å². The number of hydrogen-bond acceptors (Lipinski definition) is 2. The van der Waals surface area contributed by atoms with E-state index in [0.29, 0.717) is 10.9 Å². The van der Waals surface area contributed by atoms with Gasteiger partial charge in [-0.05, 0) is 29.2 Å². The molecular weight excluding hydrogens is 270 g/mol. The van der Waals surface area contributed by atoms with E-state index in [-0.39, 0.29) is 6.42 Å². The Morgan fingerprint density at radius 2 is 2.19 bits per heavy atom. The standard InChI is InChI=1S/C12H12BrNO2/c1-2-10-9(7-14)4-3-8(5-12(15)16)11(10)6-13/h3-4H,2,5-6H2,1H3,(H,15,16). The van der Waals surface area contributed by atoms with E-state index in [9.17, 15) is 4.79 Å². The van der Waals surface area contributed by atoms with E-state index >= 15 is 0 Å². The molecule has 4 heteroatoms. The van der Waals surface area contributed by atoms with Crippen molar-refractivity contribution >= 4 is 21.9 Å².